The van der Waals surface area contributed by atoms with Gasteiger partial charge in [0.05, 0.1) is 35.0 Å². The topological polar surface area (TPSA) is 71.2 Å². The van der Waals surface area contributed by atoms with Crippen LogP contribution in [-0.4, -0.2) is 37.3 Å². The van der Waals surface area contributed by atoms with Crippen molar-refractivity contribution in [1.82, 2.24) is 19.1 Å². The van der Waals surface area contributed by atoms with Crippen LogP contribution >= 0.6 is 0 Å². The third kappa shape index (κ3) is 6.69. The van der Waals surface area contributed by atoms with Gasteiger partial charge in [-0.2, -0.15) is 0 Å². The number of para-hydroxylation sites is 2. The zero-order valence-corrected chi connectivity index (χ0v) is 27.4. The van der Waals surface area contributed by atoms with Crippen molar-refractivity contribution in [2.45, 2.75) is 72.6 Å². The summed E-state index contributed by atoms with van der Waals surface area (Å²) in [7, 11) is 0. The van der Waals surface area contributed by atoms with E-state index in [0.29, 0.717) is 25.3 Å². The number of nitrogens with zero attached hydrogens (tertiary/aromatic N) is 4. The van der Waals surface area contributed by atoms with E-state index in [2.05, 4.69) is 70.4 Å². The van der Waals surface area contributed by atoms with Crippen LogP contribution in [0.1, 0.15) is 67.8 Å². The third-order valence-corrected chi connectivity index (χ3v) is 8.16. The Labute approximate surface area is 270 Å². The number of carbonyl (C=O) groups is 1. The molecule has 0 spiro atoms. The highest BCUT2D eigenvalue weighted by Gasteiger charge is 2.21. The van der Waals surface area contributed by atoms with Crippen LogP contribution in [0.15, 0.2) is 91.3 Å². The summed E-state index contributed by atoms with van der Waals surface area (Å²) in [6, 6.07) is 28.4. The molecule has 0 amide bonds. The van der Waals surface area contributed by atoms with E-state index in [1.54, 1.807) is 0 Å². The van der Waals surface area contributed by atoms with Crippen LogP contribution in [0.2, 0.25) is 0 Å². The minimum absolute atomic E-state index is 0.318. The highest BCUT2D eigenvalue weighted by atomic mass is 16.6. The predicted octanol–water partition coefficient (Wildman–Crippen LogP) is 8.79. The molecule has 0 aliphatic heterocycles. The van der Waals surface area contributed by atoms with Gasteiger partial charge in [-0.3, -0.25) is 0 Å². The molecule has 46 heavy (non-hydrogen) atoms. The highest BCUT2D eigenvalue weighted by Crippen LogP contribution is 2.32. The molecule has 2 heterocycles. The maximum absolute atomic E-state index is 13.0. The molecule has 236 valence electrons. The Morgan fingerprint density at radius 2 is 1.67 bits per heavy atom. The quantitative estimate of drug-likeness (QED) is 0.136. The van der Waals surface area contributed by atoms with Crippen molar-refractivity contribution in [3.05, 3.63) is 114 Å². The number of aromatic nitrogens is 4. The molecule has 7 nitrogen and oxygen atoms in total. The average molecular weight is 615 g/mol. The fraction of sp³-hybridized carbons (Fsp3) is 0.308. The Kier molecular flexibility index (Phi) is 8.93. The molecule has 0 N–H and O–H groups in total. The molecule has 6 rings (SSSR count). The number of imidazole rings is 2. The monoisotopic (exact) mass is 614 g/mol. The Hall–Kier alpha value is -4.91. The third-order valence-electron chi connectivity index (χ3n) is 8.16. The molecule has 0 aliphatic rings. The van der Waals surface area contributed by atoms with E-state index in [1.807, 2.05) is 69.6 Å². The molecule has 0 saturated carbocycles. The molecule has 0 bridgehead atoms. The van der Waals surface area contributed by atoms with Gasteiger partial charge in [0.2, 0.25) is 0 Å². The van der Waals surface area contributed by atoms with Crippen LogP contribution in [0, 0.1) is 6.92 Å². The second-order valence-corrected chi connectivity index (χ2v) is 12.8. The van der Waals surface area contributed by atoms with Gasteiger partial charge >= 0.3 is 5.97 Å². The molecular weight excluding hydrogens is 572 g/mol. The van der Waals surface area contributed by atoms with Crippen LogP contribution in [0.5, 0.6) is 5.75 Å². The summed E-state index contributed by atoms with van der Waals surface area (Å²) in [6.07, 6.45) is 4.93. The molecule has 0 radical (unpaired) electrons. The Bertz CT molecular complexity index is 1980. The van der Waals surface area contributed by atoms with E-state index in [1.165, 1.54) is 0 Å². The second kappa shape index (κ2) is 13.2. The van der Waals surface area contributed by atoms with Crippen LogP contribution in [-0.2, 0) is 24.2 Å². The lowest BCUT2D eigenvalue weighted by Gasteiger charge is -2.20. The van der Waals surface area contributed by atoms with Crippen LogP contribution in [0.4, 0.5) is 0 Å². The van der Waals surface area contributed by atoms with Crippen LogP contribution < -0.4 is 4.74 Å². The zero-order chi connectivity index (χ0) is 32.3. The molecule has 7 heteroatoms. The van der Waals surface area contributed by atoms with E-state index in [0.717, 1.165) is 75.2 Å². The van der Waals surface area contributed by atoms with Gasteiger partial charge in [0.1, 0.15) is 29.3 Å². The molecule has 0 fully saturated rings. The molecule has 0 atom stereocenters. The second-order valence-electron chi connectivity index (χ2n) is 12.8. The number of fused-ring (bicyclic) bond motifs is 2. The maximum Gasteiger partial charge on any atom is 0.339 e. The lowest BCUT2D eigenvalue weighted by Crippen LogP contribution is -2.24. The first-order valence-corrected chi connectivity index (χ1v) is 16.1. The van der Waals surface area contributed by atoms with E-state index < -0.39 is 5.60 Å². The fourth-order valence-corrected chi connectivity index (χ4v) is 5.86. The normalized spacial score (nSPS) is 11.8. The van der Waals surface area contributed by atoms with Crippen molar-refractivity contribution in [2.24, 2.45) is 0 Å². The summed E-state index contributed by atoms with van der Waals surface area (Å²) in [4.78, 5) is 22.7. The first-order chi connectivity index (χ1) is 22.2. The number of hydrogen-bond acceptors (Lipinski definition) is 5. The summed E-state index contributed by atoms with van der Waals surface area (Å²) in [5, 5.41) is 0. The summed E-state index contributed by atoms with van der Waals surface area (Å²) in [6.45, 7) is 11.8. The molecule has 0 aliphatic carbocycles. The van der Waals surface area contributed by atoms with Gasteiger partial charge in [0.25, 0.3) is 0 Å². The largest absolute Gasteiger partial charge is 0.489 e. The van der Waals surface area contributed by atoms with Crippen molar-refractivity contribution in [3.8, 4) is 16.9 Å². The summed E-state index contributed by atoms with van der Waals surface area (Å²) >= 11 is 0. The van der Waals surface area contributed by atoms with Gasteiger partial charge in [-0.15, -0.1) is 0 Å². The van der Waals surface area contributed by atoms with Gasteiger partial charge in [-0.25, -0.2) is 14.8 Å². The number of benzene rings is 4. The first kappa shape index (κ1) is 31.1. The van der Waals surface area contributed by atoms with Gasteiger partial charge in [0.15, 0.2) is 0 Å². The summed E-state index contributed by atoms with van der Waals surface area (Å²) in [5.41, 5.74) is 8.21. The summed E-state index contributed by atoms with van der Waals surface area (Å²) < 4.78 is 16.6. The molecule has 0 saturated heterocycles. The van der Waals surface area contributed by atoms with Crippen molar-refractivity contribution in [1.29, 1.82) is 0 Å². The van der Waals surface area contributed by atoms with E-state index >= 15 is 0 Å². The maximum atomic E-state index is 13.0. The van der Waals surface area contributed by atoms with Gasteiger partial charge in [-0.1, -0.05) is 74.0 Å². The van der Waals surface area contributed by atoms with Crippen molar-refractivity contribution < 1.29 is 14.3 Å². The number of hydrogen-bond donors (Lipinski definition) is 0. The Morgan fingerprint density at radius 1 is 0.913 bits per heavy atom. The smallest absolute Gasteiger partial charge is 0.339 e. The molecule has 2 aromatic heterocycles. The molecule has 4 aromatic carbocycles. The van der Waals surface area contributed by atoms with E-state index in [4.69, 9.17) is 14.5 Å². The molecule has 6 aromatic rings. The van der Waals surface area contributed by atoms with Crippen molar-refractivity contribution in [3.63, 3.8) is 0 Å². The first-order valence-electron chi connectivity index (χ1n) is 16.1. The minimum atomic E-state index is -0.564. The van der Waals surface area contributed by atoms with Crippen molar-refractivity contribution in [2.75, 3.05) is 6.61 Å². The number of aryl methyl sites for hydroxylation is 2. The zero-order valence-electron chi connectivity index (χ0n) is 27.4. The van der Waals surface area contributed by atoms with E-state index in [-0.39, 0.29) is 5.97 Å². The minimum Gasteiger partial charge on any atom is -0.489 e. The highest BCUT2D eigenvalue weighted by molar-refractivity contribution is 5.97. The molecular formula is C39H42N4O3. The fourth-order valence-electron chi connectivity index (χ4n) is 5.86. The standard InChI is InChI=1S/C39H42N4O3/c1-6-7-16-35-41-36-27(2)17-22-34(45-24-23-42-26-40-32-14-10-11-15-33(32)42)37(36)43(35)25-28-18-20-29(21-19-28)30-12-8-9-13-31(30)38(44)46-39(3,4)5/h8-15,17-22,26H,6-7,16,23-25H2,1-5H3. The summed E-state index contributed by atoms with van der Waals surface area (Å²) in [5.74, 6) is 1.58. The van der Waals surface area contributed by atoms with Crippen LogP contribution in [0.25, 0.3) is 33.2 Å². The van der Waals surface area contributed by atoms with Gasteiger partial charge in [0, 0.05) is 13.0 Å². The molecule has 0 unspecified atom stereocenters. The van der Waals surface area contributed by atoms with E-state index in [9.17, 15) is 4.79 Å². The Balaban J connectivity index is 1.29. The number of unbranched alkanes of at least 4 members (excludes halogenated alkanes) is 1. The Morgan fingerprint density at radius 3 is 2.46 bits per heavy atom. The number of ether oxygens (including phenoxy) is 2. The predicted molar refractivity (Wildman–Crippen MR) is 184 cm³/mol. The van der Waals surface area contributed by atoms with Crippen molar-refractivity contribution >= 4 is 28.0 Å². The van der Waals surface area contributed by atoms with Crippen LogP contribution in [0.3, 0.4) is 0 Å². The average Bonchev–Trinajstić information content (AvgIpc) is 3.63. The number of rotatable bonds is 11. The van der Waals surface area contributed by atoms with Gasteiger partial charge < -0.3 is 18.6 Å². The number of esters is 1. The number of carbonyl (C=O) groups excluding carboxylic acids is 1. The lowest BCUT2D eigenvalue weighted by molar-refractivity contribution is 0.00704. The SMILES string of the molecule is CCCCc1nc2c(C)ccc(OCCn3cnc4ccccc43)c2n1Cc1ccc(-c2ccccc2C(=O)OC(C)(C)C)cc1. The van der Waals surface area contributed by atoms with Gasteiger partial charge in [-0.05, 0) is 80.6 Å². The lowest BCUT2D eigenvalue weighted by atomic mass is 9.98.